The molecule has 55 heavy (non-hydrogen) atoms. The zero-order chi connectivity index (χ0) is 39.0. The number of thioether (sulfide) groups is 1. The molecule has 2 aliphatic heterocycles. The lowest BCUT2D eigenvalue weighted by Gasteiger charge is -2.28. The van der Waals surface area contributed by atoms with E-state index < -0.39 is 53.0 Å². The van der Waals surface area contributed by atoms with Gasteiger partial charge in [0.1, 0.15) is 5.82 Å². The number of pyridine rings is 1. The first-order valence-corrected chi connectivity index (χ1v) is 18.7. The number of ether oxygens (including phenoxy) is 1. The molecule has 2 atom stereocenters. The molecule has 0 fully saturated rings. The summed E-state index contributed by atoms with van der Waals surface area (Å²) in [6, 6.07) is 22.1. The summed E-state index contributed by atoms with van der Waals surface area (Å²) in [7, 11) is 1.29. The van der Waals surface area contributed by atoms with Crippen LogP contribution in [0.5, 0.6) is 5.75 Å². The fourth-order valence-corrected chi connectivity index (χ4v) is 9.00. The van der Waals surface area contributed by atoms with Crippen molar-refractivity contribution >= 4 is 23.6 Å². The van der Waals surface area contributed by atoms with E-state index in [0.29, 0.717) is 41.3 Å². The molecule has 4 aromatic carbocycles. The highest BCUT2D eigenvalue weighted by Crippen LogP contribution is 2.45. The molecule has 13 heteroatoms. The standard InChI is InChI=1S/C42H36F5N3O4S/c1-24-29(22-30-31(42(45,46)47)17-11-18-32(30)43)41-50(40(53)35(24)28-16-10-19-34(54-2)36(28)44)33(23-55-41)37(25-12-4-3-5-13-25)48-20-8-9-21-49-38(51)26-14-6-7-15-27(26)39(49)52/h3-7,10-19,33,37,48H,8-9,20-23H2,1-2H3. The molecule has 2 amide bonds. The summed E-state index contributed by atoms with van der Waals surface area (Å²) in [5.74, 6) is -2.30. The van der Waals surface area contributed by atoms with Crippen LogP contribution < -0.4 is 15.6 Å². The Morgan fingerprint density at radius 3 is 2.16 bits per heavy atom. The van der Waals surface area contributed by atoms with E-state index in [1.807, 2.05) is 30.3 Å². The monoisotopic (exact) mass is 773 g/mol. The fourth-order valence-electron chi connectivity index (χ4n) is 7.57. The number of fused-ring (bicyclic) bond motifs is 2. The first-order valence-electron chi connectivity index (χ1n) is 17.7. The lowest BCUT2D eigenvalue weighted by atomic mass is 9.91. The quantitative estimate of drug-likeness (QED) is 0.0777. The van der Waals surface area contributed by atoms with Crippen molar-refractivity contribution in [3.63, 3.8) is 0 Å². The molecule has 0 bridgehead atoms. The highest BCUT2D eigenvalue weighted by molar-refractivity contribution is 7.99. The molecule has 1 N–H and O–H groups in total. The van der Waals surface area contributed by atoms with Gasteiger partial charge in [-0.15, -0.1) is 11.8 Å². The van der Waals surface area contributed by atoms with Crippen LogP contribution in [0.3, 0.4) is 0 Å². The number of methoxy groups -OCH3 is 1. The third kappa shape index (κ3) is 7.06. The molecular weight excluding hydrogens is 738 g/mol. The molecule has 2 aliphatic rings. The number of carbonyl (C=O) groups excluding carboxylic acids is 2. The number of nitrogens with one attached hydrogen (secondary N) is 1. The second kappa shape index (κ2) is 15.5. The van der Waals surface area contributed by atoms with Gasteiger partial charge in [0.05, 0.1) is 46.5 Å². The van der Waals surface area contributed by atoms with Crippen LogP contribution in [0.4, 0.5) is 22.0 Å². The fraction of sp³-hybridized carbons (Fsp3) is 0.262. The van der Waals surface area contributed by atoms with E-state index in [0.717, 1.165) is 23.8 Å². The molecular formula is C42H36F5N3O4S. The Bertz CT molecular complexity index is 2310. The molecule has 5 aromatic rings. The summed E-state index contributed by atoms with van der Waals surface area (Å²) in [5.41, 5.74) is -0.273. The first kappa shape index (κ1) is 38.0. The normalized spacial score (nSPS) is 15.7. The van der Waals surface area contributed by atoms with Crippen molar-refractivity contribution in [3.05, 3.63) is 152 Å². The van der Waals surface area contributed by atoms with Crippen molar-refractivity contribution < 1.29 is 36.3 Å². The maximum absolute atomic E-state index is 16.0. The molecule has 1 aromatic heterocycles. The summed E-state index contributed by atoms with van der Waals surface area (Å²) in [6.07, 6.45) is -4.28. The van der Waals surface area contributed by atoms with Gasteiger partial charge < -0.3 is 10.1 Å². The third-order valence-corrected chi connectivity index (χ3v) is 11.5. The summed E-state index contributed by atoms with van der Waals surface area (Å²) in [6.45, 7) is 2.20. The predicted octanol–water partition coefficient (Wildman–Crippen LogP) is 8.77. The zero-order valence-corrected chi connectivity index (χ0v) is 30.7. The minimum Gasteiger partial charge on any atom is -0.494 e. The van der Waals surface area contributed by atoms with Gasteiger partial charge in [-0.1, -0.05) is 60.7 Å². The predicted molar refractivity (Wildman–Crippen MR) is 200 cm³/mol. The van der Waals surface area contributed by atoms with Gasteiger partial charge in [-0.3, -0.25) is 23.9 Å². The molecule has 0 aliphatic carbocycles. The van der Waals surface area contributed by atoms with E-state index in [-0.39, 0.29) is 46.4 Å². The van der Waals surface area contributed by atoms with Crippen molar-refractivity contribution in [2.45, 2.75) is 49.5 Å². The number of carbonyl (C=O) groups is 2. The molecule has 7 rings (SSSR count). The maximum atomic E-state index is 16.0. The first-order chi connectivity index (χ1) is 26.4. The Morgan fingerprint density at radius 2 is 1.49 bits per heavy atom. The van der Waals surface area contributed by atoms with Crippen molar-refractivity contribution in [2.24, 2.45) is 0 Å². The number of hydrogen-bond acceptors (Lipinski definition) is 6. The van der Waals surface area contributed by atoms with E-state index >= 15 is 8.78 Å². The van der Waals surface area contributed by atoms with Crippen LogP contribution in [-0.2, 0) is 12.6 Å². The number of benzene rings is 4. The minimum absolute atomic E-state index is 0.0553. The van der Waals surface area contributed by atoms with Gasteiger partial charge in [0.2, 0.25) is 0 Å². The van der Waals surface area contributed by atoms with E-state index in [2.05, 4.69) is 5.32 Å². The Labute approximate surface area is 318 Å². The molecule has 7 nitrogen and oxygen atoms in total. The smallest absolute Gasteiger partial charge is 0.416 e. The molecule has 0 saturated carbocycles. The lowest BCUT2D eigenvalue weighted by molar-refractivity contribution is -0.138. The third-order valence-electron chi connectivity index (χ3n) is 10.3. The molecule has 0 saturated heterocycles. The van der Waals surface area contributed by atoms with Crippen LogP contribution >= 0.6 is 11.8 Å². The number of aromatic nitrogens is 1. The van der Waals surface area contributed by atoms with Gasteiger partial charge >= 0.3 is 6.18 Å². The van der Waals surface area contributed by atoms with E-state index in [9.17, 15) is 27.6 Å². The van der Waals surface area contributed by atoms with E-state index in [1.54, 1.807) is 31.2 Å². The van der Waals surface area contributed by atoms with Crippen molar-refractivity contribution in [1.82, 2.24) is 14.8 Å². The number of halogens is 5. The average molecular weight is 774 g/mol. The van der Waals surface area contributed by atoms with Gasteiger partial charge in [-0.05, 0) is 73.3 Å². The summed E-state index contributed by atoms with van der Waals surface area (Å²) in [4.78, 5) is 41.7. The Morgan fingerprint density at radius 1 is 0.836 bits per heavy atom. The minimum atomic E-state index is -4.85. The largest absolute Gasteiger partial charge is 0.494 e. The zero-order valence-electron chi connectivity index (χ0n) is 29.9. The second-order valence-corrected chi connectivity index (χ2v) is 14.5. The lowest BCUT2D eigenvalue weighted by Crippen LogP contribution is -2.37. The Balaban J connectivity index is 1.26. The average Bonchev–Trinajstić information content (AvgIpc) is 3.71. The van der Waals surface area contributed by atoms with Gasteiger partial charge in [0.25, 0.3) is 17.4 Å². The number of hydrogen-bond donors (Lipinski definition) is 1. The summed E-state index contributed by atoms with van der Waals surface area (Å²) >= 11 is 1.28. The molecule has 2 unspecified atom stereocenters. The topological polar surface area (TPSA) is 80.6 Å². The summed E-state index contributed by atoms with van der Waals surface area (Å²) < 4.78 is 80.7. The van der Waals surface area contributed by atoms with Crippen LogP contribution in [-0.4, -0.2) is 47.2 Å². The number of alkyl halides is 3. The second-order valence-electron chi connectivity index (χ2n) is 13.5. The number of amides is 2. The number of unbranched alkanes of at least 4 members (excludes halogenated alkanes) is 1. The van der Waals surface area contributed by atoms with E-state index in [4.69, 9.17) is 4.74 Å². The van der Waals surface area contributed by atoms with E-state index in [1.165, 1.54) is 46.5 Å². The van der Waals surface area contributed by atoms with Crippen LogP contribution in [0.25, 0.3) is 11.1 Å². The maximum Gasteiger partial charge on any atom is 0.416 e. The van der Waals surface area contributed by atoms with Gasteiger partial charge in [-0.25, -0.2) is 8.78 Å². The van der Waals surface area contributed by atoms with Crippen LogP contribution in [0, 0.1) is 18.6 Å². The van der Waals surface area contributed by atoms with Gasteiger partial charge in [0.15, 0.2) is 11.6 Å². The highest BCUT2D eigenvalue weighted by atomic mass is 32.2. The van der Waals surface area contributed by atoms with Crippen molar-refractivity contribution in [3.8, 4) is 16.9 Å². The van der Waals surface area contributed by atoms with Crippen molar-refractivity contribution in [1.29, 1.82) is 0 Å². The number of nitrogens with zero attached hydrogens (tertiary/aromatic N) is 2. The van der Waals surface area contributed by atoms with Crippen molar-refractivity contribution in [2.75, 3.05) is 26.0 Å². The summed E-state index contributed by atoms with van der Waals surface area (Å²) in [5, 5.41) is 3.94. The Kier molecular flexibility index (Phi) is 10.7. The van der Waals surface area contributed by atoms with Crippen LogP contribution in [0.15, 0.2) is 101 Å². The van der Waals surface area contributed by atoms with Gasteiger partial charge in [0, 0.05) is 29.8 Å². The highest BCUT2D eigenvalue weighted by Gasteiger charge is 2.39. The SMILES string of the molecule is COc1cccc(-c2c(C)c(Cc3c(F)cccc3C(F)(F)F)c3n(c2=O)C(C(NCCCCN2C(=O)c4ccccc4C2=O)c2ccccc2)CS3)c1F. The van der Waals surface area contributed by atoms with Crippen LogP contribution in [0.1, 0.15) is 73.5 Å². The molecule has 0 spiro atoms. The molecule has 0 radical (unpaired) electrons. The van der Waals surface area contributed by atoms with Gasteiger partial charge in [-0.2, -0.15) is 13.2 Å². The molecule has 3 heterocycles. The number of rotatable bonds is 12. The number of imide groups is 1. The van der Waals surface area contributed by atoms with Crippen LogP contribution in [0.2, 0.25) is 0 Å². The molecule has 284 valence electrons. The Hall–Kier alpha value is -5.27.